The van der Waals surface area contributed by atoms with Crippen molar-refractivity contribution in [1.82, 2.24) is 0 Å². The lowest BCUT2D eigenvalue weighted by atomic mass is 9.98. The predicted octanol–water partition coefficient (Wildman–Crippen LogP) is 10.3. The molecule has 0 saturated carbocycles. The predicted molar refractivity (Wildman–Crippen MR) is 289 cm³/mol. The number of aliphatic hydroxyl groups is 7. The number of carbonyl (C=O) groups is 1. The number of carbonyl (C=O) groups excluding carboxylic acids is 1. The van der Waals surface area contributed by atoms with Crippen molar-refractivity contribution in [3.63, 3.8) is 0 Å². The molecule has 11 unspecified atom stereocenters. The molecule has 0 aromatic heterocycles. The van der Waals surface area contributed by atoms with Crippen molar-refractivity contribution in [3.8, 4) is 0 Å². The van der Waals surface area contributed by atoms with Crippen LogP contribution in [-0.2, 0) is 33.2 Å². The van der Waals surface area contributed by atoms with E-state index in [0.29, 0.717) is 13.0 Å². The number of aliphatic hydroxyl groups excluding tert-OH is 7. The Hall–Kier alpha value is -2.05. The van der Waals surface area contributed by atoms with Gasteiger partial charge in [-0.05, 0) is 77.0 Å². The Labute approximate surface area is 442 Å². The van der Waals surface area contributed by atoms with Crippen molar-refractivity contribution in [3.05, 3.63) is 48.6 Å². The SMILES string of the molecule is CCCCCCC/C=C\C/C=C\C/C=C\CCCCCCCCC(=O)OC(COCCCCCCCCCC/C=C\CCCCCCCC)COC1OC(COC2OC(CO)C(O)C(O)C2O)C(O)C(O)C1O. The fourth-order valence-corrected chi connectivity index (χ4v) is 9.05. The number of esters is 1. The quantitative estimate of drug-likeness (QED) is 0.0172. The topological polar surface area (TPSA) is 214 Å². The summed E-state index contributed by atoms with van der Waals surface area (Å²) in [7, 11) is 0. The Morgan fingerprint density at radius 2 is 0.849 bits per heavy atom. The summed E-state index contributed by atoms with van der Waals surface area (Å²) in [6.07, 6.45) is 38.8. The van der Waals surface area contributed by atoms with Crippen LogP contribution < -0.4 is 0 Å². The molecule has 0 aromatic rings. The van der Waals surface area contributed by atoms with Crippen molar-refractivity contribution < 1.29 is 69.0 Å². The summed E-state index contributed by atoms with van der Waals surface area (Å²) in [4.78, 5) is 13.1. The van der Waals surface area contributed by atoms with E-state index in [1.54, 1.807) is 0 Å². The second kappa shape index (κ2) is 46.1. The van der Waals surface area contributed by atoms with Gasteiger partial charge in [-0.25, -0.2) is 0 Å². The largest absolute Gasteiger partial charge is 0.457 e. The first-order valence-corrected chi connectivity index (χ1v) is 29.2. The minimum absolute atomic E-state index is 0.0537. The maximum absolute atomic E-state index is 13.1. The number of rotatable bonds is 47. The van der Waals surface area contributed by atoms with Gasteiger partial charge in [-0.2, -0.15) is 0 Å². The van der Waals surface area contributed by atoms with Gasteiger partial charge in [0, 0.05) is 13.0 Å². The van der Waals surface area contributed by atoms with Gasteiger partial charge in [-0.1, -0.05) is 184 Å². The maximum Gasteiger partial charge on any atom is 0.306 e. The van der Waals surface area contributed by atoms with Crippen LogP contribution in [0.4, 0.5) is 0 Å². The number of allylic oxidation sites excluding steroid dienone is 8. The Morgan fingerprint density at radius 1 is 0.452 bits per heavy atom. The fraction of sp³-hybridized carbons (Fsp3) is 0.847. The van der Waals surface area contributed by atoms with E-state index in [1.807, 2.05) is 0 Å². The molecule has 2 aliphatic heterocycles. The van der Waals surface area contributed by atoms with Crippen LogP contribution in [0, 0.1) is 0 Å². The molecule has 2 fully saturated rings. The molecule has 14 heteroatoms. The molecule has 2 saturated heterocycles. The van der Waals surface area contributed by atoms with Crippen LogP contribution in [0.1, 0.15) is 219 Å². The lowest BCUT2D eigenvalue weighted by Gasteiger charge is -2.42. The second-order valence-electron chi connectivity index (χ2n) is 20.5. The van der Waals surface area contributed by atoms with E-state index in [2.05, 4.69) is 62.5 Å². The number of ether oxygens (including phenoxy) is 6. The highest BCUT2D eigenvalue weighted by Gasteiger charge is 2.47. The Balaban J connectivity index is 1.73. The Bertz CT molecular complexity index is 1390. The van der Waals surface area contributed by atoms with Crippen LogP contribution in [0.3, 0.4) is 0 Å². The summed E-state index contributed by atoms with van der Waals surface area (Å²) < 4.78 is 34.4. The summed E-state index contributed by atoms with van der Waals surface area (Å²) in [6, 6.07) is 0. The normalized spacial score (nSPS) is 25.3. The van der Waals surface area contributed by atoms with E-state index in [9.17, 15) is 40.5 Å². The molecule has 2 heterocycles. The van der Waals surface area contributed by atoms with Gasteiger partial charge in [0.15, 0.2) is 12.6 Å². The van der Waals surface area contributed by atoms with Crippen LogP contribution in [0.5, 0.6) is 0 Å². The molecule has 0 amide bonds. The Morgan fingerprint density at radius 3 is 1.34 bits per heavy atom. The molecule has 2 aliphatic rings. The van der Waals surface area contributed by atoms with Crippen LogP contribution in [0.15, 0.2) is 48.6 Å². The highest BCUT2D eigenvalue weighted by atomic mass is 16.7. The minimum Gasteiger partial charge on any atom is -0.457 e. The van der Waals surface area contributed by atoms with Crippen molar-refractivity contribution in [1.29, 1.82) is 0 Å². The summed E-state index contributed by atoms with van der Waals surface area (Å²) >= 11 is 0. The molecule has 426 valence electrons. The van der Waals surface area contributed by atoms with Gasteiger partial charge in [0.1, 0.15) is 54.9 Å². The molecule has 0 radical (unpaired) electrons. The van der Waals surface area contributed by atoms with Gasteiger partial charge in [-0.15, -0.1) is 0 Å². The second-order valence-corrected chi connectivity index (χ2v) is 20.5. The van der Waals surface area contributed by atoms with E-state index < -0.39 is 80.7 Å². The van der Waals surface area contributed by atoms with E-state index in [-0.39, 0.29) is 25.6 Å². The summed E-state index contributed by atoms with van der Waals surface area (Å²) in [5.74, 6) is -0.388. The van der Waals surface area contributed by atoms with Crippen LogP contribution in [0.25, 0.3) is 0 Å². The highest BCUT2D eigenvalue weighted by molar-refractivity contribution is 5.69. The summed E-state index contributed by atoms with van der Waals surface area (Å²) in [6.45, 7) is 3.67. The van der Waals surface area contributed by atoms with Gasteiger partial charge in [0.25, 0.3) is 0 Å². The number of unbranched alkanes of at least 4 members (excludes halogenated alkanes) is 25. The first kappa shape index (κ1) is 67.1. The average molecular weight is 1040 g/mol. The zero-order chi connectivity index (χ0) is 53.0. The smallest absolute Gasteiger partial charge is 0.306 e. The van der Waals surface area contributed by atoms with E-state index >= 15 is 0 Å². The number of hydrogen-bond acceptors (Lipinski definition) is 14. The van der Waals surface area contributed by atoms with Crippen molar-refractivity contribution >= 4 is 5.97 Å². The third-order valence-corrected chi connectivity index (χ3v) is 13.8. The van der Waals surface area contributed by atoms with Crippen LogP contribution >= 0.6 is 0 Å². The zero-order valence-corrected chi connectivity index (χ0v) is 45.6. The standard InChI is InChI=1S/C59H106O14/c1-3-5-7-9-11-13-15-17-19-21-23-24-25-26-28-30-32-34-36-38-40-42-51(61)71-48(45-68-43-41-39-37-35-33-31-29-27-22-20-18-16-14-12-10-8-6-4-2)46-69-58-57(67)55(65)53(63)50(73-58)47-70-59-56(66)54(64)52(62)49(44-60)72-59/h15,17-18,20-21,23,25-26,48-50,52-60,62-67H,3-14,16,19,22,24,27-47H2,1-2H3/b17-15-,20-18-,23-21-,26-25-. The first-order valence-electron chi connectivity index (χ1n) is 29.2. The molecule has 0 aliphatic carbocycles. The minimum atomic E-state index is -1.71. The molecule has 11 atom stereocenters. The van der Waals surface area contributed by atoms with Crippen molar-refractivity contribution in [2.75, 3.05) is 33.0 Å². The van der Waals surface area contributed by atoms with E-state index in [0.717, 1.165) is 70.6 Å². The molecule has 0 bridgehead atoms. The van der Waals surface area contributed by atoms with Gasteiger partial charge >= 0.3 is 5.97 Å². The average Bonchev–Trinajstić information content (AvgIpc) is 3.39. The molecule has 73 heavy (non-hydrogen) atoms. The van der Waals surface area contributed by atoms with Gasteiger partial charge in [-0.3, -0.25) is 4.79 Å². The number of hydrogen-bond donors (Lipinski definition) is 7. The lowest BCUT2D eigenvalue weighted by molar-refractivity contribution is -0.332. The van der Waals surface area contributed by atoms with E-state index in [1.165, 1.54) is 122 Å². The molecule has 7 N–H and O–H groups in total. The van der Waals surface area contributed by atoms with Gasteiger partial charge in [0.05, 0.1) is 26.4 Å². The van der Waals surface area contributed by atoms with Crippen LogP contribution in [-0.4, -0.2) is 142 Å². The first-order chi connectivity index (χ1) is 35.6. The third kappa shape index (κ3) is 33.0. The van der Waals surface area contributed by atoms with Gasteiger partial charge < -0.3 is 64.2 Å². The van der Waals surface area contributed by atoms with Crippen molar-refractivity contribution in [2.24, 2.45) is 0 Å². The maximum atomic E-state index is 13.1. The zero-order valence-electron chi connectivity index (χ0n) is 45.6. The van der Waals surface area contributed by atoms with Crippen molar-refractivity contribution in [2.45, 2.75) is 287 Å². The highest BCUT2D eigenvalue weighted by Crippen LogP contribution is 2.26. The Kier molecular flexibility index (Phi) is 42.3. The molecule has 0 spiro atoms. The molecule has 14 nitrogen and oxygen atoms in total. The van der Waals surface area contributed by atoms with Crippen LogP contribution in [0.2, 0.25) is 0 Å². The molecule has 2 rings (SSSR count). The van der Waals surface area contributed by atoms with Gasteiger partial charge in [0.2, 0.25) is 0 Å². The third-order valence-electron chi connectivity index (χ3n) is 13.8. The van der Waals surface area contributed by atoms with E-state index in [4.69, 9.17) is 28.4 Å². The molecular formula is C59H106O14. The summed E-state index contributed by atoms with van der Waals surface area (Å²) in [5, 5.41) is 72.3. The molecule has 0 aromatic carbocycles. The molecular weight excluding hydrogens is 933 g/mol. The lowest BCUT2D eigenvalue weighted by Crippen LogP contribution is -2.61. The summed E-state index contributed by atoms with van der Waals surface area (Å²) in [5.41, 5.74) is 0. The fourth-order valence-electron chi connectivity index (χ4n) is 9.05. The monoisotopic (exact) mass is 1040 g/mol.